The van der Waals surface area contributed by atoms with E-state index >= 15 is 0 Å². The van der Waals surface area contributed by atoms with Crippen LogP contribution in [-0.4, -0.2) is 11.9 Å². The van der Waals surface area contributed by atoms with E-state index in [1.54, 1.807) is 0 Å². The third-order valence-corrected chi connectivity index (χ3v) is 7.72. The lowest BCUT2D eigenvalue weighted by molar-refractivity contribution is 0.857. The zero-order valence-corrected chi connectivity index (χ0v) is 15.4. The summed E-state index contributed by atoms with van der Waals surface area (Å²) in [5.41, 5.74) is 0.614. The molecule has 0 aromatic heterocycles. The SMILES string of the molecule is CS[C]1[CH][CH][CH][C]1C[C@@H](C)P(c1ccccc1)c1ccccc1. The minimum absolute atomic E-state index is 0.344. The maximum Gasteiger partial charge on any atom is 0.0411 e. The van der Waals surface area contributed by atoms with Gasteiger partial charge in [0.2, 0.25) is 0 Å². The van der Waals surface area contributed by atoms with Gasteiger partial charge in [0, 0.05) is 5.25 Å². The van der Waals surface area contributed by atoms with Crippen molar-refractivity contribution in [3.8, 4) is 0 Å². The highest BCUT2D eigenvalue weighted by Gasteiger charge is 2.32. The van der Waals surface area contributed by atoms with Crippen molar-refractivity contribution in [1.82, 2.24) is 0 Å². The first kappa shape index (κ1) is 17.1. The number of thioether (sulfide) groups is 1. The summed E-state index contributed by atoms with van der Waals surface area (Å²) in [6.07, 6.45) is 10.0. The number of rotatable bonds is 6. The quantitative estimate of drug-likeness (QED) is 0.669. The Morgan fingerprint density at radius 2 is 1.43 bits per heavy atom. The number of hydrogen-bond donors (Lipinski definition) is 0. The maximum absolute atomic E-state index is 2.41. The predicted octanol–water partition coefficient (Wildman–Crippen LogP) is 4.99. The molecule has 2 aromatic carbocycles. The molecule has 0 unspecified atom stereocenters. The van der Waals surface area contributed by atoms with Crippen LogP contribution in [0.2, 0.25) is 0 Å². The molecule has 0 saturated heterocycles. The normalized spacial score (nSPS) is 17.7. The molecule has 1 saturated carbocycles. The molecular formula is C21H22PS. The molecule has 0 nitrogen and oxygen atoms in total. The average Bonchev–Trinajstić information content (AvgIpc) is 3.04. The molecule has 3 rings (SSSR count). The van der Waals surface area contributed by atoms with E-state index in [9.17, 15) is 0 Å². The lowest BCUT2D eigenvalue weighted by Gasteiger charge is -2.29. The highest BCUT2D eigenvalue weighted by Crippen LogP contribution is 2.48. The second kappa shape index (κ2) is 8.36. The van der Waals surface area contributed by atoms with Crippen LogP contribution in [0.25, 0.3) is 0 Å². The van der Waals surface area contributed by atoms with E-state index in [1.165, 1.54) is 21.8 Å². The summed E-state index contributed by atoms with van der Waals surface area (Å²) in [5.74, 6) is 1.49. The van der Waals surface area contributed by atoms with Crippen molar-refractivity contribution >= 4 is 30.3 Å². The Hall–Kier alpha value is -0.780. The van der Waals surface area contributed by atoms with Gasteiger partial charge in [-0.15, -0.1) is 0 Å². The highest BCUT2D eigenvalue weighted by molar-refractivity contribution is 8.01. The molecule has 1 atom stereocenters. The zero-order chi connectivity index (χ0) is 16.1. The third kappa shape index (κ3) is 4.20. The van der Waals surface area contributed by atoms with E-state index in [4.69, 9.17) is 0 Å². The van der Waals surface area contributed by atoms with E-state index < -0.39 is 0 Å². The lowest BCUT2D eigenvalue weighted by Crippen LogP contribution is -2.21. The molecule has 0 heterocycles. The molecule has 0 bridgehead atoms. The van der Waals surface area contributed by atoms with Crippen LogP contribution in [0.4, 0.5) is 0 Å². The van der Waals surface area contributed by atoms with Crippen molar-refractivity contribution in [3.05, 3.63) is 91.1 Å². The van der Waals surface area contributed by atoms with Gasteiger partial charge in [0.1, 0.15) is 0 Å². The standard InChI is InChI=1S/C21H22PS/c1-17(16-18-10-9-15-21(18)23-2)22(19-11-5-3-6-12-19)20-13-7-4-8-14-20/h3-15,17H,16H2,1-2H3/t17-/m1/s1. The van der Waals surface area contributed by atoms with Crippen LogP contribution in [0.3, 0.4) is 0 Å². The Bertz CT molecular complexity index is 544. The van der Waals surface area contributed by atoms with Crippen LogP contribution >= 0.6 is 19.7 Å². The maximum atomic E-state index is 2.41. The van der Waals surface area contributed by atoms with Gasteiger partial charge >= 0.3 is 0 Å². The van der Waals surface area contributed by atoms with E-state index in [2.05, 4.69) is 93.1 Å². The minimum Gasteiger partial charge on any atom is -0.156 e. The summed E-state index contributed by atoms with van der Waals surface area (Å²) >= 11 is 1.85. The summed E-state index contributed by atoms with van der Waals surface area (Å²) in [7, 11) is -0.344. The topological polar surface area (TPSA) is 0 Å². The number of hydrogen-bond acceptors (Lipinski definition) is 1. The van der Waals surface area contributed by atoms with Crippen LogP contribution in [-0.2, 0) is 0 Å². The van der Waals surface area contributed by atoms with Crippen LogP contribution < -0.4 is 10.6 Å². The second-order valence-corrected chi connectivity index (χ2v) is 9.22. The summed E-state index contributed by atoms with van der Waals surface area (Å²) in [4.78, 5) is 0. The fourth-order valence-corrected chi connectivity index (χ4v) is 6.36. The van der Waals surface area contributed by atoms with Crippen molar-refractivity contribution < 1.29 is 0 Å². The molecule has 0 spiro atoms. The fraction of sp³-hybridized carbons (Fsp3) is 0.190. The van der Waals surface area contributed by atoms with Crippen LogP contribution in [0.5, 0.6) is 0 Å². The molecular weight excluding hydrogens is 315 g/mol. The molecule has 0 amide bonds. The van der Waals surface area contributed by atoms with Crippen molar-refractivity contribution in [2.45, 2.75) is 19.0 Å². The molecule has 0 N–H and O–H groups in total. The van der Waals surface area contributed by atoms with Gasteiger partial charge in [-0.1, -0.05) is 67.6 Å². The van der Waals surface area contributed by atoms with Gasteiger partial charge in [-0.25, -0.2) is 0 Å². The Morgan fingerprint density at radius 3 is 1.96 bits per heavy atom. The predicted molar refractivity (Wildman–Crippen MR) is 106 cm³/mol. The molecule has 23 heavy (non-hydrogen) atoms. The van der Waals surface area contributed by atoms with E-state index in [0.29, 0.717) is 5.66 Å². The van der Waals surface area contributed by atoms with Gasteiger partial charge in [0.15, 0.2) is 0 Å². The van der Waals surface area contributed by atoms with Crippen LogP contribution in [0, 0.1) is 30.4 Å². The molecule has 1 aliphatic carbocycles. The molecule has 2 heteroatoms. The summed E-state index contributed by atoms with van der Waals surface area (Å²) in [6, 6.07) is 22.0. The average molecular weight is 337 g/mol. The van der Waals surface area contributed by atoms with Gasteiger partial charge in [0.05, 0.1) is 0 Å². The first-order chi connectivity index (χ1) is 11.3. The Morgan fingerprint density at radius 1 is 0.870 bits per heavy atom. The van der Waals surface area contributed by atoms with Crippen molar-refractivity contribution in [3.63, 3.8) is 0 Å². The van der Waals surface area contributed by atoms with Gasteiger partial charge in [-0.05, 0) is 62.0 Å². The van der Waals surface area contributed by atoms with Crippen molar-refractivity contribution in [1.29, 1.82) is 0 Å². The lowest BCUT2D eigenvalue weighted by atomic mass is 10.0. The monoisotopic (exact) mass is 337 g/mol. The Balaban J connectivity index is 1.83. The fourth-order valence-electron chi connectivity index (χ4n) is 3.05. The Kier molecular flexibility index (Phi) is 6.20. The molecule has 2 aromatic rings. The van der Waals surface area contributed by atoms with Crippen LogP contribution in [0.15, 0.2) is 60.7 Å². The van der Waals surface area contributed by atoms with Crippen LogP contribution in [0.1, 0.15) is 13.3 Å². The highest BCUT2D eigenvalue weighted by atomic mass is 32.2. The van der Waals surface area contributed by atoms with Gasteiger partial charge in [-0.2, -0.15) is 11.8 Å². The largest absolute Gasteiger partial charge is 0.156 e. The molecule has 0 aliphatic heterocycles. The van der Waals surface area contributed by atoms with E-state index in [-0.39, 0.29) is 7.92 Å². The Labute approximate surface area is 146 Å². The summed E-state index contributed by atoms with van der Waals surface area (Å²) < 4.78 is 0. The van der Waals surface area contributed by atoms with E-state index in [0.717, 1.165) is 6.42 Å². The van der Waals surface area contributed by atoms with Crippen molar-refractivity contribution in [2.24, 2.45) is 0 Å². The molecule has 1 aliphatic rings. The first-order valence-corrected chi connectivity index (χ1v) is 10.6. The summed E-state index contributed by atoms with van der Waals surface area (Å²) in [5, 5.41) is 4.37. The third-order valence-electron chi connectivity index (χ3n) is 4.11. The van der Waals surface area contributed by atoms with Gasteiger partial charge in [0.25, 0.3) is 0 Å². The molecule has 1 fully saturated rings. The zero-order valence-electron chi connectivity index (χ0n) is 13.6. The van der Waals surface area contributed by atoms with E-state index in [1.807, 2.05) is 11.8 Å². The van der Waals surface area contributed by atoms with Gasteiger partial charge < -0.3 is 0 Å². The van der Waals surface area contributed by atoms with Crippen molar-refractivity contribution in [2.75, 3.05) is 6.26 Å². The first-order valence-electron chi connectivity index (χ1n) is 7.97. The van der Waals surface area contributed by atoms with Gasteiger partial charge in [-0.3, -0.25) is 0 Å². The summed E-state index contributed by atoms with van der Waals surface area (Å²) in [6.45, 7) is 2.41. The minimum atomic E-state index is -0.344. The smallest absolute Gasteiger partial charge is 0.0411 e. The second-order valence-electron chi connectivity index (χ2n) is 5.71. The number of benzene rings is 2. The molecule has 117 valence electrons. The molecule has 5 radical (unpaired) electrons.